The molecule has 1 heterocycles. The van der Waals surface area contributed by atoms with Crippen LogP contribution in [0.15, 0.2) is 48.5 Å². The van der Waals surface area contributed by atoms with Crippen LogP contribution in [0.25, 0.3) is 0 Å². The zero-order chi connectivity index (χ0) is 19.2. The van der Waals surface area contributed by atoms with Crippen LogP contribution in [0.2, 0.25) is 0 Å². The molecule has 1 fully saturated rings. The summed E-state index contributed by atoms with van der Waals surface area (Å²) in [6, 6.07) is 13.5. The van der Waals surface area contributed by atoms with E-state index in [9.17, 15) is 13.6 Å². The molecule has 1 saturated heterocycles. The van der Waals surface area contributed by atoms with E-state index in [1.54, 1.807) is 4.90 Å². The first-order valence-electron chi connectivity index (χ1n) is 8.92. The molecule has 0 bridgehead atoms. The van der Waals surface area contributed by atoms with E-state index in [1.165, 1.54) is 24.3 Å². The molecule has 144 valence electrons. The molecule has 1 N–H and O–H groups in total. The molecule has 27 heavy (non-hydrogen) atoms. The Labute approximate surface area is 156 Å². The fraction of sp³-hybridized carbons (Fsp3) is 0.350. The lowest BCUT2D eigenvalue weighted by Gasteiger charge is -2.25. The van der Waals surface area contributed by atoms with E-state index in [0.29, 0.717) is 18.8 Å². The Hall–Kier alpha value is -2.83. The molecule has 2 aromatic carbocycles. The number of halogens is 2. The van der Waals surface area contributed by atoms with E-state index in [4.69, 9.17) is 4.74 Å². The van der Waals surface area contributed by atoms with Crippen molar-refractivity contribution in [3.05, 3.63) is 54.1 Å². The fourth-order valence-electron chi connectivity index (χ4n) is 3.22. The number of hydrogen-bond donors (Lipinski definition) is 1. The van der Waals surface area contributed by atoms with Gasteiger partial charge in [-0.3, -0.25) is 0 Å². The van der Waals surface area contributed by atoms with Crippen molar-refractivity contribution in [2.75, 3.05) is 18.5 Å². The standard InChI is InChI=1S/C20H22F2N2O3/c1-2-26-16-9-5-14(6-10-16)18-4-3-13-24(18)20(25)23-15-7-11-17(12-8-15)27-19(21)22/h5-12,18-19H,2-4,13H2,1H3,(H,23,25). The Morgan fingerprint density at radius 2 is 1.81 bits per heavy atom. The minimum atomic E-state index is -2.87. The van der Waals surface area contributed by atoms with Gasteiger partial charge in [0.25, 0.3) is 0 Å². The van der Waals surface area contributed by atoms with Gasteiger partial charge in [0.05, 0.1) is 12.6 Å². The second-order valence-corrected chi connectivity index (χ2v) is 6.19. The molecule has 0 aromatic heterocycles. The smallest absolute Gasteiger partial charge is 0.387 e. The molecule has 7 heteroatoms. The number of ether oxygens (including phenoxy) is 2. The van der Waals surface area contributed by atoms with Crippen molar-refractivity contribution in [1.29, 1.82) is 0 Å². The number of hydrogen-bond acceptors (Lipinski definition) is 3. The summed E-state index contributed by atoms with van der Waals surface area (Å²) in [6.45, 7) is 0.336. The van der Waals surface area contributed by atoms with Gasteiger partial charge < -0.3 is 19.7 Å². The minimum absolute atomic E-state index is 0.00196. The van der Waals surface area contributed by atoms with Crippen molar-refractivity contribution in [3.8, 4) is 11.5 Å². The summed E-state index contributed by atoms with van der Waals surface area (Å²) >= 11 is 0. The summed E-state index contributed by atoms with van der Waals surface area (Å²) in [4.78, 5) is 14.5. The molecule has 3 rings (SSSR count). The SMILES string of the molecule is CCOc1ccc(C2CCCN2C(=O)Nc2ccc(OC(F)F)cc2)cc1. The summed E-state index contributed by atoms with van der Waals surface area (Å²) < 4.78 is 34.2. The van der Waals surface area contributed by atoms with E-state index >= 15 is 0 Å². The molecule has 0 radical (unpaired) electrons. The first-order valence-corrected chi connectivity index (χ1v) is 8.92. The zero-order valence-corrected chi connectivity index (χ0v) is 15.0. The van der Waals surface area contributed by atoms with Gasteiger partial charge in [-0.05, 0) is 61.7 Å². The summed E-state index contributed by atoms with van der Waals surface area (Å²) in [5, 5.41) is 2.82. The summed E-state index contributed by atoms with van der Waals surface area (Å²) in [6.07, 6.45) is 1.81. The van der Waals surface area contributed by atoms with E-state index in [0.717, 1.165) is 24.2 Å². The molecule has 2 aromatic rings. The number of likely N-dealkylation sites (tertiary alicyclic amines) is 1. The third-order valence-corrected chi connectivity index (χ3v) is 4.42. The molecule has 1 atom stereocenters. The van der Waals surface area contributed by atoms with E-state index < -0.39 is 6.61 Å². The van der Waals surface area contributed by atoms with Gasteiger partial charge in [-0.25, -0.2) is 4.79 Å². The monoisotopic (exact) mass is 376 g/mol. The Balaban J connectivity index is 1.64. The van der Waals surface area contributed by atoms with Crippen LogP contribution in [-0.4, -0.2) is 30.7 Å². The molecular formula is C20H22F2N2O3. The van der Waals surface area contributed by atoms with Gasteiger partial charge in [-0.1, -0.05) is 12.1 Å². The van der Waals surface area contributed by atoms with Crippen LogP contribution in [-0.2, 0) is 0 Å². The van der Waals surface area contributed by atoms with E-state index in [-0.39, 0.29) is 17.8 Å². The largest absolute Gasteiger partial charge is 0.494 e. The number of benzene rings is 2. The van der Waals surface area contributed by atoms with Crippen LogP contribution in [0, 0.1) is 0 Å². The second kappa shape index (κ2) is 8.70. The van der Waals surface area contributed by atoms with Crippen LogP contribution in [0.1, 0.15) is 31.4 Å². The molecule has 1 unspecified atom stereocenters. The van der Waals surface area contributed by atoms with Crippen LogP contribution >= 0.6 is 0 Å². The molecular weight excluding hydrogens is 354 g/mol. The molecule has 0 saturated carbocycles. The van der Waals surface area contributed by atoms with Crippen molar-refractivity contribution >= 4 is 11.7 Å². The number of carbonyl (C=O) groups is 1. The number of rotatable bonds is 6. The second-order valence-electron chi connectivity index (χ2n) is 6.19. The quantitative estimate of drug-likeness (QED) is 0.767. The molecule has 1 aliphatic rings. The lowest BCUT2D eigenvalue weighted by molar-refractivity contribution is -0.0498. The number of nitrogens with one attached hydrogen (secondary N) is 1. The number of amides is 2. The minimum Gasteiger partial charge on any atom is -0.494 e. The molecule has 0 spiro atoms. The normalized spacial score (nSPS) is 16.4. The fourth-order valence-corrected chi connectivity index (χ4v) is 3.22. The third-order valence-electron chi connectivity index (χ3n) is 4.42. The van der Waals surface area contributed by atoms with Crippen LogP contribution in [0.4, 0.5) is 19.3 Å². The number of urea groups is 1. The van der Waals surface area contributed by atoms with Gasteiger partial charge in [0.1, 0.15) is 11.5 Å². The van der Waals surface area contributed by atoms with Crippen LogP contribution in [0.3, 0.4) is 0 Å². The lowest BCUT2D eigenvalue weighted by atomic mass is 10.0. The Bertz CT molecular complexity index is 751. The Morgan fingerprint density at radius 1 is 1.15 bits per heavy atom. The van der Waals surface area contributed by atoms with Gasteiger partial charge in [-0.2, -0.15) is 8.78 Å². The van der Waals surface area contributed by atoms with Crippen molar-refractivity contribution in [2.24, 2.45) is 0 Å². The van der Waals surface area contributed by atoms with Crippen molar-refractivity contribution in [3.63, 3.8) is 0 Å². The number of carbonyl (C=O) groups excluding carboxylic acids is 1. The van der Waals surface area contributed by atoms with E-state index in [2.05, 4.69) is 10.1 Å². The highest BCUT2D eigenvalue weighted by Gasteiger charge is 2.30. The average molecular weight is 376 g/mol. The highest BCUT2D eigenvalue weighted by atomic mass is 19.3. The third kappa shape index (κ3) is 4.87. The van der Waals surface area contributed by atoms with Crippen LogP contribution in [0.5, 0.6) is 11.5 Å². The predicted molar refractivity (Wildman–Crippen MR) is 98.4 cm³/mol. The van der Waals surface area contributed by atoms with Gasteiger partial charge in [-0.15, -0.1) is 0 Å². The zero-order valence-electron chi connectivity index (χ0n) is 15.0. The first-order chi connectivity index (χ1) is 13.1. The maximum atomic E-state index is 12.7. The summed E-state index contributed by atoms with van der Waals surface area (Å²) in [5.74, 6) is 0.859. The number of anilines is 1. The van der Waals surface area contributed by atoms with Gasteiger partial charge in [0.2, 0.25) is 0 Å². The lowest BCUT2D eigenvalue weighted by Crippen LogP contribution is -2.34. The van der Waals surface area contributed by atoms with Gasteiger partial charge in [0.15, 0.2) is 0 Å². The highest BCUT2D eigenvalue weighted by molar-refractivity contribution is 5.89. The van der Waals surface area contributed by atoms with Crippen LogP contribution < -0.4 is 14.8 Å². The molecule has 1 aliphatic heterocycles. The van der Waals surface area contributed by atoms with E-state index in [1.807, 2.05) is 31.2 Å². The van der Waals surface area contributed by atoms with Crippen molar-refractivity contribution in [2.45, 2.75) is 32.4 Å². The summed E-state index contributed by atoms with van der Waals surface area (Å²) in [5.41, 5.74) is 1.59. The molecule has 2 amide bonds. The maximum absolute atomic E-state index is 12.7. The van der Waals surface area contributed by atoms with Gasteiger partial charge >= 0.3 is 12.6 Å². The number of alkyl halides is 2. The highest BCUT2D eigenvalue weighted by Crippen LogP contribution is 2.33. The topological polar surface area (TPSA) is 50.8 Å². The molecule has 0 aliphatic carbocycles. The summed E-state index contributed by atoms with van der Waals surface area (Å²) in [7, 11) is 0. The van der Waals surface area contributed by atoms with Crippen molar-refractivity contribution in [1.82, 2.24) is 4.90 Å². The Morgan fingerprint density at radius 3 is 2.44 bits per heavy atom. The first kappa shape index (κ1) is 18.9. The maximum Gasteiger partial charge on any atom is 0.387 e. The Kier molecular flexibility index (Phi) is 6.11. The predicted octanol–water partition coefficient (Wildman–Crippen LogP) is 5.06. The van der Waals surface area contributed by atoms with Gasteiger partial charge in [0, 0.05) is 12.2 Å². The average Bonchev–Trinajstić information content (AvgIpc) is 3.14. The number of nitrogens with zero attached hydrogens (tertiary/aromatic N) is 1. The van der Waals surface area contributed by atoms with Crippen molar-refractivity contribution < 1.29 is 23.0 Å². The molecule has 5 nitrogen and oxygen atoms in total.